The number of hydrogen-bond acceptors (Lipinski definition) is 6. The first kappa shape index (κ1) is 13.0. The summed E-state index contributed by atoms with van der Waals surface area (Å²) in [4.78, 5) is 15.6. The summed E-state index contributed by atoms with van der Waals surface area (Å²) < 4.78 is 4.93. The van der Waals surface area contributed by atoms with Crippen molar-refractivity contribution in [3.8, 4) is 0 Å². The van der Waals surface area contributed by atoms with Crippen molar-refractivity contribution in [2.75, 3.05) is 5.75 Å². The maximum absolute atomic E-state index is 10.4. The van der Waals surface area contributed by atoms with Crippen molar-refractivity contribution in [3.05, 3.63) is 36.2 Å². The van der Waals surface area contributed by atoms with Crippen LogP contribution in [-0.2, 0) is 10.5 Å². The monoisotopic (exact) mass is 282 g/mol. The number of rotatable bonds is 6. The van der Waals surface area contributed by atoms with Crippen molar-refractivity contribution in [3.63, 3.8) is 0 Å². The number of nitrogens with zero attached hydrogens (tertiary/aromatic N) is 2. The predicted molar refractivity (Wildman–Crippen MR) is 68.7 cm³/mol. The lowest BCUT2D eigenvalue weighted by molar-refractivity contribution is -0.133. The molecule has 2 aromatic rings. The molecule has 0 amide bonds. The maximum Gasteiger partial charge on any atom is 0.314 e. The SMILES string of the molecule is O=C(O)CSc1nc(CSc2ccccc2)no1. The molecule has 1 heterocycles. The number of thioether (sulfide) groups is 2. The summed E-state index contributed by atoms with van der Waals surface area (Å²) in [6, 6.07) is 9.90. The van der Waals surface area contributed by atoms with Crippen LogP contribution >= 0.6 is 23.5 Å². The third-order valence-electron chi connectivity index (χ3n) is 1.88. The Kier molecular flexibility index (Phi) is 4.66. The van der Waals surface area contributed by atoms with Gasteiger partial charge in [-0.1, -0.05) is 35.1 Å². The molecule has 1 N–H and O–H groups in total. The molecule has 0 bridgehead atoms. The Hall–Kier alpha value is -1.47. The molecule has 5 nitrogen and oxygen atoms in total. The number of hydrogen-bond donors (Lipinski definition) is 1. The average Bonchev–Trinajstić information content (AvgIpc) is 2.83. The molecule has 0 spiro atoms. The molecule has 0 unspecified atom stereocenters. The van der Waals surface area contributed by atoms with Gasteiger partial charge in [0.1, 0.15) is 5.75 Å². The van der Waals surface area contributed by atoms with Crippen molar-refractivity contribution in [2.24, 2.45) is 0 Å². The molecule has 0 atom stereocenters. The Morgan fingerprint density at radius 1 is 1.28 bits per heavy atom. The van der Waals surface area contributed by atoms with Crippen LogP contribution < -0.4 is 0 Å². The zero-order chi connectivity index (χ0) is 12.8. The van der Waals surface area contributed by atoms with Crippen molar-refractivity contribution >= 4 is 29.5 Å². The van der Waals surface area contributed by atoms with Gasteiger partial charge >= 0.3 is 5.97 Å². The topological polar surface area (TPSA) is 76.2 Å². The number of benzene rings is 1. The lowest BCUT2D eigenvalue weighted by Crippen LogP contribution is -1.97. The zero-order valence-electron chi connectivity index (χ0n) is 9.28. The Morgan fingerprint density at radius 3 is 2.78 bits per heavy atom. The lowest BCUT2D eigenvalue weighted by atomic mass is 10.4. The van der Waals surface area contributed by atoms with Crippen molar-refractivity contribution in [2.45, 2.75) is 15.9 Å². The first-order valence-corrected chi connectivity index (χ1v) is 7.06. The summed E-state index contributed by atoms with van der Waals surface area (Å²) in [5.74, 6) is 0.185. The molecule has 94 valence electrons. The summed E-state index contributed by atoms with van der Waals surface area (Å²) in [5, 5.41) is 12.6. The van der Waals surface area contributed by atoms with Crippen LogP contribution in [0.1, 0.15) is 5.82 Å². The minimum atomic E-state index is -0.904. The Labute approximate surface area is 112 Å². The molecule has 0 aliphatic carbocycles. The standard InChI is InChI=1S/C11H10N2O3S2/c14-10(15)7-18-11-12-9(13-16-11)6-17-8-4-2-1-3-5-8/h1-5H,6-7H2,(H,14,15). The number of aromatic nitrogens is 2. The van der Waals surface area contributed by atoms with E-state index in [1.165, 1.54) is 0 Å². The molecule has 0 aliphatic heterocycles. The summed E-state index contributed by atoms with van der Waals surface area (Å²) >= 11 is 2.62. The van der Waals surface area contributed by atoms with Gasteiger partial charge in [-0.3, -0.25) is 4.79 Å². The molecular weight excluding hydrogens is 272 g/mol. The fraction of sp³-hybridized carbons (Fsp3) is 0.182. The van der Waals surface area contributed by atoms with E-state index in [1.807, 2.05) is 30.3 Å². The number of carboxylic acids is 1. The van der Waals surface area contributed by atoms with E-state index in [0.29, 0.717) is 16.8 Å². The highest BCUT2D eigenvalue weighted by Gasteiger charge is 2.09. The molecule has 1 aromatic heterocycles. The van der Waals surface area contributed by atoms with Crippen LogP contribution in [0, 0.1) is 0 Å². The highest BCUT2D eigenvalue weighted by Crippen LogP contribution is 2.22. The summed E-state index contributed by atoms with van der Waals surface area (Å²) in [5.41, 5.74) is 0. The zero-order valence-corrected chi connectivity index (χ0v) is 10.9. The van der Waals surface area contributed by atoms with Crippen LogP contribution in [0.15, 0.2) is 45.0 Å². The van der Waals surface area contributed by atoms with Crippen LogP contribution in [0.25, 0.3) is 0 Å². The molecule has 0 aliphatic rings. The quantitative estimate of drug-likeness (QED) is 0.816. The van der Waals surface area contributed by atoms with Gasteiger partial charge in [0.2, 0.25) is 0 Å². The average molecular weight is 282 g/mol. The Morgan fingerprint density at radius 2 is 2.06 bits per heavy atom. The molecule has 1 aromatic carbocycles. The van der Waals surface area contributed by atoms with E-state index in [2.05, 4.69) is 10.1 Å². The first-order valence-electron chi connectivity index (χ1n) is 5.09. The maximum atomic E-state index is 10.4. The minimum absolute atomic E-state index is 0.0759. The lowest BCUT2D eigenvalue weighted by Gasteiger charge is -1.96. The van der Waals surface area contributed by atoms with E-state index in [0.717, 1.165) is 16.7 Å². The van der Waals surface area contributed by atoms with Gasteiger partial charge in [0, 0.05) is 4.90 Å². The van der Waals surface area contributed by atoms with Crippen molar-refractivity contribution < 1.29 is 14.4 Å². The van der Waals surface area contributed by atoms with Gasteiger partial charge in [0.05, 0.1) is 5.75 Å². The third kappa shape index (κ3) is 4.08. The molecule has 2 rings (SSSR count). The molecular formula is C11H10N2O3S2. The Bertz CT molecular complexity index is 516. The van der Waals surface area contributed by atoms with Crippen LogP contribution in [0.5, 0.6) is 0 Å². The summed E-state index contributed by atoms with van der Waals surface area (Å²) in [7, 11) is 0. The van der Waals surface area contributed by atoms with Crippen molar-refractivity contribution in [1.29, 1.82) is 0 Å². The van der Waals surface area contributed by atoms with Gasteiger partial charge in [-0.25, -0.2) is 0 Å². The highest BCUT2D eigenvalue weighted by molar-refractivity contribution is 7.99. The molecule has 7 heteroatoms. The molecule has 0 saturated carbocycles. The van der Waals surface area contributed by atoms with Crippen LogP contribution in [0.3, 0.4) is 0 Å². The fourth-order valence-electron chi connectivity index (χ4n) is 1.14. The van der Waals surface area contributed by atoms with Crippen molar-refractivity contribution in [1.82, 2.24) is 10.1 Å². The van der Waals surface area contributed by atoms with Gasteiger partial charge in [-0.2, -0.15) is 4.98 Å². The highest BCUT2D eigenvalue weighted by atomic mass is 32.2. The number of carboxylic acid groups (broad SMARTS) is 1. The third-order valence-corrected chi connectivity index (χ3v) is 3.69. The van der Waals surface area contributed by atoms with Crippen LogP contribution in [-0.4, -0.2) is 27.0 Å². The second-order valence-electron chi connectivity index (χ2n) is 3.26. The van der Waals surface area contributed by atoms with Gasteiger partial charge in [0.15, 0.2) is 5.82 Å². The Balaban J connectivity index is 1.85. The number of aliphatic carboxylic acids is 1. The van der Waals surface area contributed by atoms with Crippen LogP contribution in [0.4, 0.5) is 0 Å². The van der Waals surface area contributed by atoms with Crippen LogP contribution in [0.2, 0.25) is 0 Å². The molecule has 18 heavy (non-hydrogen) atoms. The van der Waals surface area contributed by atoms with Gasteiger partial charge < -0.3 is 9.63 Å². The van der Waals surface area contributed by atoms with E-state index in [4.69, 9.17) is 9.63 Å². The minimum Gasteiger partial charge on any atom is -0.481 e. The molecule has 0 radical (unpaired) electrons. The van der Waals surface area contributed by atoms with Gasteiger partial charge in [0.25, 0.3) is 5.22 Å². The number of carbonyl (C=O) groups is 1. The summed E-state index contributed by atoms with van der Waals surface area (Å²) in [6.45, 7) is 0. The molecule has 0 saturated heterocycles. The van der Waals surface area contributed by atoms with Gasteiger partial charge in [-0.05, 0) is 12.1 Å². The van der Waals surface area contributed by atoms with Gasteiger partial charge in [-0.15, -0.1) is 11.8 Å². The normalized spacial score (nSPS) is 10.4. The summed E-state index contributed by atoms with van der Waals surface area (Å²) in [6.07, 6.45) is 0. The second kappa shape index (κ2) is 6.46. The van der Waals surface area contributed by atoms with E-state index in [-0.39, 0.29) is 5.75 Å². The second-order valence-corrected chi connectivity index (χ2v) is 5.24. The van der Waals surface area contributed by atoms with E-state index >= 15 is 0 Å². The van der Waals surface area contributed by atoms with E-state index < -0.39 is 5.97 Å². The first-order chi connectivity index (χ1) is 8.74. The fourth-order valence-corrected chi connectivity index (χ4v) is 2.41. The smallest absolute Gasteiger partial charge is 0.314 e. The van der Waals surface area contributed by atoms with E-state index in [1.54, 1.807) is 11.8 Å². The van der Waals surface area contributed by atoms with E-state index in [9.17, 15) is 4.79 Å². The molecule has 0 fully saturated rings. The predicted octanol–water partition coefficient (Wildman–Crippen LogP) is 2.54. The largest absolute Gasteiger partial charge is 0.481 e.